The molecule has 2 heterocycles. The van der Waals surface area contributed by atoms with Gasteiger partial charge in [0.25, 0.3) is 0 Å². The third-order valence-electron chi connectivity index (χ3n) is 3.03. The van der Waals surface area contributed by atoms with Gasteiger partial charge in [-0.1, -0.05) is 6.07 Å². The number of para-hydroxylation sites is 1. The average molecular weight is 273 g/mol. The Balaban J connectivity index is 2.21. The van der Waals surface area contributed by atoms with Crippen molar-refractivity contribution in [1.29, 1.82) is 0 Å². The maximum Gasteiger partial charge on any atom is 0.338 e. The SMILES string of the molecule is Cc1cc(-c2nc3c(C(=O)O)cccc3o2)sc1C. The summed E-state index contributed by atoms with van der Waals surface area (Å²) in [6, 6.07) is 6.92. The molecule has 2 aromatic heterocycles. The van der Waals surface area contributed by atoms with Gasteiger partial charge in [-0.05, 0) is 37.6 Å². The summed E-state index contributed by atoms with van der Waals surface area (Å²) >= 11 is 1.59. The van der Waals surface area contributed by atoms with Crippen molar-refractivity contribution in [2.75, 3.05) is 0 Å². The zero-order valence-corrected chi connectivity index (χ0v) is 11.2. The van der Waals surface area contributed by atoms with Gasteiger partial charge in [-0.15, -0.1) is 11.3 Å². The molecule has 3 rings (SSSR count). The van der Waals surface area contributed by atoms with Crippen LogP contribution < -0.4 is 0 Å². The highest BCUT2D eigenvalue weighted by molar-refractivity contribution is 7.15. The molecule has 0 fully saturated rings. The summed E-state index contributed by atoms with van der Waals surface area (Å²) in [6.45, 7) is 4.06. The molecule has 0 saturated heterocycles. The molecule has 1 N–H and O–H groups in total. The van der Waals surface area contributed by atoms with Crippen molar-refractivity contribution in [1.82, 2.24) is 4.98 Å². The van der Waals surface area contributed by atoms with Crippen molar-refractivity contribution in [2.24, 2.45) is 0 Å². The van der Waals surface area contributed by atoms with Crippen molar-refractivity contribution in [2.45, 2.75) is 13.8 Å². The van der Waals surface area contributed by atoms with Crippen molar-refractivity contribution in [3.05, 3.63) is 40.3 Å². The second-order valence-corrected chi connectivity index (χ2v) is 5.58. The highest BCUT2D eigenvalue weighted by Crippen LogP contribution is 2.32. The first-order chi connectivity index (χ1) is 9.06. The van der Waals surface area contributed by atoms with Gasteiger partial charge in [0.2, 0.25) is 5.89 Å². The van der Waals surface area contributed by atoms with Crippen LogP contribution in [0.5, 0.6) is 0 Å². The number of benzene rings is 1. The number of aromatic carboxylic acids is 1. The molecule has 19 heavy (non-hydrogen) atoms. The second kappa shape index (κ2) is 4.20. The van der Waals surface area contributed by atoms with Crippen LogP contribution in [0.15, 0.2) is 28.7 Å². The standard InChI is InChI=1S/C14H11NO3S/c1-7-6-11(19-8(7)2)13-15-12-9(14(16)17)4-3-5-10(12)18-13/h3-6H,1-2H3,(H,16,17). The Hall–Kier alpha value is -2.14. The van der Waals surface area contributed by atoms with Crippen LogP contribution in [-0.4, -0.2) is 16.1 Å². The van der Waals surface area contributed by atoms with Gasteiger partial charge in [0.1, 0.15) is 5.52 Å². The zero-order chi connectivity index (χ0) is 13.6. The first kappa shape index (κ1) is 11.9. The van der Waals surface area contributed by atoms with Gasteiger partial charge < -0.3 is 9.52 Å². The smallest absolute Gasteiger partial charge is 0.338 e. The molecule has 0 amide bonds. The lowest BCUT2D eigenvalue weighted by Gasteiger charge is -1.92. The van der Waals surface area contributed by atoms with Crippen molar-refractivity contribution in [3.8, 4) is 10.8 Å². The van der Waals surface area contributed by atoms with E-state index in [1.807, 2.05) is 19.9 Å². The minimum atomic E-state index is -0.996. The maximum absolute atomic E-state index is 11.1. The Morgan fingerprint density at radius 3 is 2.79 bits per heavy atom. The quantitative estimate of drug-likeness (QED) is 0.769. The predicted octanol–water partition coefficient (Wildman–Crippen LogP) is 3.87. The van der Waals surface area contributed by atoms with Crippen LogP contribution in [0.2, 0.25) is 0 Å². The first-order valence-electron chi connectivity index (χ1n) is 5.76. The molecule has 0 aliphatic heterocycles. The molecule has 4 nitrogen and oxygen atoms in total. The van der Waals surface area contributed by atoms with E-state index in [1.54, 1.807) is 23.5 Å². The summed E-state index contributed by atoms with van der Waals surface area (Å²) in [4.78, 5) is 17.6. The van der Waals surface area contributed by atoms with E-state index in [-0.39, 0.29) is 5.56 Å². The number of carbonyl (C=O) groups is 1. The number of aryl methyl sites for hydroxylation is 2. The average Bonchev–Trinajstić information content (AvgIpc) is 2.93. The van der Waals surface area contributed by atoms with Crippen molar-refractivity contribution in [3.63, 3.8) is 0 Å². The number of aromatic nitrogens is 1. The molecule has 0 saturated carbocycles. The Bertz CT molecular complexity index is 766. The summed E-state index contributed by atoms with van der Waals surface area (Å²) in [5.41, 5.74) is 2.24. The van der Waals surface area contributed by atoms with Crippen LogP contribution in [0.3, 0.4) is 0 Å². The van der Waals surface area contributed by atoms with Gasteiger partial charge in [-0.3, -0.25) is 0 Å². The minimum absolute atomic E-state index is 0.164. The number of rotatable bonds is 2. The Kier molecular flexibility index (Phi) is 2.64. The number of hydrogen-bond acceptors (Lipinski definition) is 4. The molecule has 5 heteroatoms. The van der Waals surface area contributed by atoms with Crippen LogP contribution in [0.1, 0.15) is 20.8 Å². The number of thiophene rings is 1. The van der Waals surface area contributed by atoms with Gasteiger partial charge in [0.05, 0.1) is 10.4 Å². The van der Waals surface area contributed by atoms with Crippen molar-refractivity contribution >= 4 is 28.4 Å². The van der Waals surface area contributed by atoms with Gasteiger partial charge in [0, 0.05) is 4.88 Å². The number of nitrogens with zero attached hydrogens (tertiary/aromatic N) is 1. The van der Waals surface area contributed by atoms with E-state index >= 15 is 0 Å². The van der Waals surface area contributed by atoms with E-state index in [0.29, 0.717) is 17.0 Å². The van der Waals surface area contributed by atoms with Gasteiger partial charge in [0.15, 0.2) is 5.58 Å². The number of fused-ring (bicyclic) bond motifs is 1. The molecule has 0 spiro atoms. The fourth-order valence-corrected chi connectivity index (χ4v) is 2.87. The lowest BCUT2D eigenvalue weighted by atomic mass is 10.2. The highest BCUT2D eigenvalue weighted by Gasteiger charge is 2.16. The summed E-state index contributed by atoms with van der Waals surface area (Å²) in [7, 11) is 0. The van der Waals surface area contributed by atoms with E-state index in [0.717, 1.165) is 4.88 Å². The van der Waals surface area contributed by atoms with Crippen LogP contribution in [0, 0.1) is 13.8 Å². The van der Waals surface area contributed by atoms with Crippen LogP contribution in [-0.2, 0) is 0 Å². The van der Waals surface area contributed by atoms with Gasteiger partial charge in [-0.25, -0.2) is 9.78 Å². The Morgan fingerprint density at radius 1 is 1.37 bits per heavy atom. The summed E-state index contributed by atoms with van der Waals surface area (Å²) in [5, 5.41) is 9.13. The molecule has 0 aliphatic carbocycles. The Labute approximate surface area is 113 Å². The lowest BCUT2D eigenvalue weighted by molar-refractivity contribution is 0.0699. The lowest BCUT2D eigenvalue weighted by Crippen LogP contribution is -1.96. The summed E-state index contributed by atoms with van der Waals surface area (Å²) < 4.78 is 5.65. The molecule has 0 bridgehead atoms. The molecule has 0 radical (unpaired) electrons. The number of carboxylic acid groups (broad SMARTS) is 1. The van der Waals surface area contributed by atoms with E-state index in [9.17, 15) is 4.79 Å². The van der Waals surface area contributed by atoms with Gasteiger partial charge in [-0.2, -0.15) is 0 Å². The number of oxazole rings is 1. The van der Waals surface area contributed by atoms with Crippen LogP contribution in [0.25, 0.3) is 21.9 Å². The first-order valence-corrected chi connectivity index (χ1v) is 6.58. The molecule has 3 aromatic rings. The second-order valence-electron chi connectivity index (χ2n) is 4.33. The largest absolute Gasteiger partial charge is 0.478 e. The minimum Gasteiger partial charge on any atom is -0.478 e. The molecule has 0 unspecified atom stereocenters. The highest BCUT2D eigenvalue weighted by atomic mass is 32.1. The van der Waals surface area contributed by atoms with Crippen LogP contribution >= 0.6 is 11.3 Å². The molecular weight excluding hydrogens is 262 g/mol. The topological polar surface area (TPSA) is 63.3 Å². The fourth-order valence-electron chi connectivity index (χ4n) is 1.91. The van der Waals surface area contributed by atoms with E-state index in [1.165, 1.54) is 16.5 Å². The third-order valence-corrected chi connectivity index (χ3v) is 4.17. The molecular formula is C14H11NO3S. The number of hydrogen-bond donors (Lipinski definition) is 1. The predicted molar refractivity (Wildman–Crippen MR) is 73.8 cm³/mol. The third kappa shape index (κ3) is 1.92. The zero-order valence-electron chi connectivity index (χ0n) is 10.4. The molecule has 96 valence electrons. The summed E-state index contributed by atoms with van der Waals surface area (Å²) in [5.74, 6) is -0.520. The van der Waals surface area contributed by atoms with E-state index in [4.69, 9.17) is 9.52 Å². The maximum atomic E-state index is 11.1. The molecule has 0 aliphatic rings. The van der Waals surface area contributed by atoms with E-state index < -0.39 is 5.97 Å². The van der Waals surface area contributed by atoms with E-state index in [2.05, 4.69) is 4.98 Å². The Morgan fingerprint density at radius 2 is 2.16 bits per heavy atom. The number of carboxylic acids is 1. The molecule has 0 atom stereocenters. The monoisotopic (exact) mass is 273 g/mol. The van der Waals surface area contributed by atoms with Crippen LogP contribution in [0.4, 0.5) is 0 Å². The molecule has 1 aromatic carbocycles. The van der Waals surface area contributed by atoms with Crippen molar-refractivity contribution < 1.29 is 14.3 Å². The van der Waals surface area contributed by atoms with Gasteiger partial charge >= 0.3 is 5.97 Å². The summed E-state index contributed by atoms with van der Waals surface area (Å²) in [6.07, 6.45) is 0. The fraction of sp³-hybridized carbons (Fsp3) is 0.143. The normalized spacial score (nSPS) is 11.1.